The Morgan fingerprint density at radius 2 is 0.844 bits per heavy atom. The maximum Gasteiger partial charge on any atom is 0.145 e. The van der Waals surface area contributed by atoms with Gasteiger partial charge in [-0.25, -0.2) is 0 Å². The number of phenolic OH excluding ortho intramolecular Hbond substituents is 2. The minimum atomic E-state index is -0.0355. The number of anilines is 6. The Balaban J connectivity index is 1.54. The molecule has 0 bridgehead atoms. The summed E-state index contributed by atoms with van der Waals surface area (Å²) in [4.78, 5) is 4.05. The fraction of sp³-hybridized carbons (Fsp3) is 0.455. The van der Waals surface area contributed by atoms with E-state index in [1.165, 1.54) is 0 Å². The van der Waals surface area contributed by atoms with Gasteiger partial charge in [0.1, 0.15) is 11.5 Å². The van der Waals surface area contributed by atoms with Crippen molar-refractivity contribution < 1.29 is 30.6 Å². The van der Waals surface area contributed by atoms with Crippen LogP contribution in [0.2, 0.25) is 0 Å². The predicted octanol–water partition coefficient (Wildman–Crippen LogP) is 3.07. The molecule has 0 saturated heterocycles. The van der Waals surface area contributed by atoms with Gasteiger partial charge in [-0.15, -0.1) is 0 Å². The number of hydrogen-bond donors (Lipinski definition) is 10. The van der Waals surface area contributed by atoms with E-state index < -0.39 is 0 Å². The van der Waals surface area contributed by atoms with E-state index in [1.54, 1.807) is 13.0 Å². The normalized spacial score (nSPS) is 11.3. The van der Waals surface area contributed by atoms with E-state index in [0.29, 0.717) is 43.1 Å². The first kappa shape index (κ1) is 35.7. The molecule has 3 rings (SSSR count). The Morgan fingerprint density at radius 3 is 1.18 bits per heavy atom. The summed E-state index contributed by atoms with van der Waals surface area (Å²) in [5.41, 5.74) is 4.71. The van der Waals surface area contributed by atoms with E-state index in [2.05, 4.69) is 21.3 Å². The molecule has 3 aromatic rings. The molecule has 10 N–H and O–H groups in total. The van der Waals surface area contributed by atoms with Crippen molar-refractivity contribution in [1.29, 1.82) is 0 Å². The highest BCUT2D eigenvalue weighted by atomic mass is 16.3. The third-order valence-corrected chi connectivity index (χ3v) is 7.46. The van der Waals surface area contributed by atoms with Gasteiger partial charge in [-0.2, -0.15) is 0 Å². The molecular formula is C33H50N6O6. The first-order valence-corrected chi connectivity index (χ1v) is 15.5. The van der Waals surface area contributed by atoms with Crippen LogP contribution >= 0.6 is 0 Å². The minimum Gasteiger partial charge on any atom is -0.505 e. The number of hydrogen-bond acceptors (Lipinski definition) is 12. The van der Waals surface area contributed by atoms with Crippen molar-refractivity contribution in [2.45, 2.75) is 19.8 Å². The quantitative estimate of drug-likeness (QED) is 0.0449. The molecule has 0 aromatic heterocycles. The van der Waals surface area contributed by atoms with Crippen molar-refractivity contribution in [2.75, 3.05) is 100 Å². The third-order valence-electron chi connectivity index (χ3n) is 7.46. The van der Waals surface area contributed by atoms with E-state index in [0.717, 1.165) is 61.8 Å². The number of benzene rings is 3. The fourth-order valence-corrected chi connectivity index (χ4v) is 4.95. The first-order valence-electron chi connectivity index (χ1n) is 15.5. The van der Waals surface area contributed by atoms with Crippen LogP contribution in [0, 0.1) is 6.92 Å². The van der Waals surface area contributed by atoms with Gasteiger partial charge in [-0.3, -0.25) is 9.80 Å². The zero-order valence-electron chi connectivity index (χ0n) is 26.2. The van der Waals surface area contributed by atoms with Crippen LogP contribution in [0.15, 0.2) is 54.6 Å². The van der Waals surface area contributed by atoms with Crippen LogP contribution in [0.1, 0.15) is 18.4 Å². The van der Waals surface area contributed by atoms with Crippen LogP contribution in [-0.4, -0.2) is 119 Å². The Hall–Kier alpha value is -3.78. The molecule has 0 aliphatic carbocycles. The van der Waals surface area contributed by atoms with Crippen molar-refractivity contribution in [3.05, 3.63) is 60.2 Å². The van der Waals surface area contributed by atoms with Crippen LogP contribution in [0.4, 0.5) is 34.1 Å². The summed E-state index contributed by atoms with van der Waals surface area (Å²) >= 11 is 0. The molecule has 0 atom stereocenters. The Kier molecular flexibility index (Phi) is 15.5. The maximum atomic E-state index is 10.7. The van der Waals surface area contributed by atoms with Crippen LogP contribution in [0.25, 0.3) is 0 Å². The second-order valence-electron chi connectivity index (χ2n) is 10.8. The second-order valence-corrected chi connectivity index (χ2v) is 10.8. The lowest BCUT2D eigenvalue weighted by Gasteiger charge is -2.20. The first-order chi connectivity index (χ1) is 21.9. The summed E-state index contributed by atoms with van der Waals surface area (Å²) < 4.78 is 0. The standard InChI is InChI=1S/C33H50N6O6/c1-25-32(44)30(36-28-8-4-26(5-9-28)34-12-2-14-38(16-20-40)17-21-41)24-31(33(25)45)37-29-10-6-27(7-11-29)35-13-3-15-39(18-22-42)19-23-43/h4-11,24,34-37,40-45H,2-3,12-23H2,1H3. The van der Waals surface area contributed by atoms with Crippen molar-refractivity contribution >= 4 is 34.1 Å². The van der Waals surface area contributed by atoms with Gasteiger partial charge in [0, 0.05) is 67.6 Å². The molecule has 12 nitrogen and oxygen atoms in total. The van der Waals surface area contributed by atoms with Crippen LogP contribution in [0.3, 0.4) is 0 Å². The van der Waals surface area contributed by atoms with E-state index in [1.807, 2.05) is 58.3 Å². The van der Waals surface area contributed by atoms with E-state index in [4.69, 9.17) is 20.4 Å². The molecule has 3 aromatic carbocycles. The molecule has 0 aliphatic rings. The lowest BCUT2D eigenvalue weighted by molar-refractivity contribution is 0.160. The Bertz CT molecular complexity index is 1160. The molecule has 0 radical (unpaired) electrons. The van der Waals surface area contributed by atoms with E-state index >= 15 is 0 Å². The number of aromatic hydroxyl groups is 2. The van der Waals surface area contributed by atoms with Crippen molar-refractivity contribution in [3.8, 4) is 11.5 Å². The molecular weight excluding hydrogens is 576 g/mol. The Morgan fingerprint density at radius 1 is 0.511 bits per heavy atom. The number of aliphatic hydroxyl groups excluding tert-OH is 4. The molecule has 45 heavy (non-hydrogen) atoms. The molecule has 0 saturated carbocycles. The van der Waals surface area contributed by atoms with Crippen molar-refractivity contribution in [1.82, 2.24) is 9.80 Å². The summed E-state index contributed by atoms with van der Waals surface area (Å²) in [6.07, 6.45) is 1.74. The summed E-state index contributed by atoms with van der Waals surface area (Å²) in [5.74, 6) is -0.0710. The molecule has 12 heteroatoms. The number of phenols is 2. The van der Waals surface area contributed by atoms with Crippen LogP contribution in [0.5, 0.6) is 11.5 Å². The zero-order valence-corrected chi connectivity index (χ0v) is 26.2. The van der Waals surface area contributed by atoms with Crippen molar-refractivity contribution in [2.24, 2.45) is 0 Å². The lowest BCUT2D eigenvalue weighted by atomic mass is 10.1. The molecule has 248 valence electrons. The van der Waals surface area contributed by atoms with Crippen LogP contribution in [-0.2, 0) is 0 Å². The van der Waals surface area contributed by atoms with Gasteiger partial charge in [-0.05, 0) is 87.5 Å². The molecule has 0 aliphatic heterocycles. The Labute approximate surface area is 266 Å². The van der Waals surface area contributed by atoms with Crippen LogP contribution < -0.4 is 21.3 Å². The maximum absolute atomic E-state index is 10.7. The SMILES string of the molecule is Cc1c(O)c(Nc2ccc(NCCCN(CCO)CCO)cc2)cc(Nc2ccc(NCCCN(CCO)CCO)cc2)c1O. The number of rotatable bonds is 22. The summed E-state index contributed by atoms with van der Waals surface area (Å²) in [6, 6.07) is 17.1. The molecule has 0 unspecified atom stereocenters. The van der Waals surface area contributed by atoms with Gasteiger partial charge in [0.05, 0.1) is 37.8 Å². The zero-order chi connectivity index (χ0) is 32.4. The van der Waals surface area contributed by atoms with Crippen molar-refractivity contribution in [3.63, 3.8) is 0 Å². The molecule has 0 spiro atoms. The molecule has 0 fully saturated rings. The number of aliphatic hydroxyl groups is 4. The highest BCUT2D eigenvalue weighted by Gasteiger charge is 2.15. The van der Waals surface area contributed by atoms with E-state index in [9.17, 15) is 10.2 Å². The number of nitrogens with zero attached hydrogens (tertiary/aromatic N) is 2. The average Bonchev–Trinajstić information content (AvgIpc) is 3.04. The highest BCUT2D eigenvalue weighted by Crippen LogP contribution is 2.42. The second kappa shape index (κ2) is 19.6. The van der Waals surface area contributed by atoms with Gasteiger partial charge in [0.15, 0.2) is 0 Å². The topological polar surface area (TPSA) is 176 Å². The largest absolute Gasteiger partial charge is 0.505 e. The minimum absolute atomic E-state index is 0.0355. The van der Waals surface area contributed by atoms with Gasteiger partial charge < -0.3 is 51.9 Å². The van der Waals surface area contributed by atoms with Gasteiger partial charge >= 0.3 is 0 Å². The summed E-state index contributed by atoms with van der Waals surface area (Å²) in [5, 5.41) is 71.3. The van der Waals surface area contributed by atoms with E-state index in [-0.39, 0.29) is 37.9 Å². The average molecular weight is 627 g/mol. The number of nitrogens with one attached hydrogen (secondary N) is 4. The summed E-state index contributed by atoms with van der Waals surface area (Å²) in [6.45, 7) is 7.20. The third kappa shape index (κ3) is 11.9. The van der Waals surface area contributed by atoms with Gasteiger partial charge in [-0.1, -0.05) is 0 Å². The fourth-order valence-electron chi connectivity index (χ4n) is 4.95. The van der Waals surface area contributed by atoms with Gasteiger partial charge in [0.25, 0.3) is 0 Å². The molecule has 0 heterocycles. The highest BCUT2D eigenvalue weighted by molar-refractivity contribution is 5.80. The lowest BCUT2D eigenvalue weighted by Crippen LogP contribution is -2.31. The van der Waals surface area contributed by atoms with Gasteiger partial charge in [0.2, 0.25) is 0 Å². The monoisotopic (exact) mass is 626 g/mol. The smallest absolute Gasteiger partial charge is 0.145 e. The molecule has 0 amide bonds. The predicted molar refractivity (Wildman–Crippen MR) is 181 cm³/mol. The summed E-state index contributed by atoms with van der Waals surface area (Å²) in [7, 11) is 0.